The minimum absolute atomic E-state index is 0.0949. The smallest absolute Gasteiger partial charge is 0.286 e. The van der Waals surface area contributed by atoms with E-state index in [1.54, 1.807) is 12.1 Å². The molecule has 1 unspecified atom stereocenters. The minimum atomic E-state index is -0.329. The van der Waals surface area contributed by atoms with Gasteiger partial charge in [0, 0.05) is 5.69 Å². The summed E-state index contributed by atoms with van der Waals surface area (Å²) >= 11 is 1.13. The standard InChI is InChI=1S/C20H20N4O3S/c1-14(15-8-4-2-5-9-15)21-17(25)12-27-13-18-23-24-20(28-18)19(26)22-16-10-6-3-7-11-16/h2-11,14H,12-13H2,1H3,(H,21,25)(H,22,26). The summed E-state index contributed by atoms with van der Waals surface area (Å²) in [7, 11) is 0. The van der Waals surface area contributed by atoms with Gasteiger partial charge in [0.15, 0.2) is 0 Å². The van der Waals surface area contributed by atoms with Gasteiger partial charge in [-0.15, -0.1) is 10.2 Å². The molecule has 2 aromatic carbocycles. The third kappa shape index (κ3) is 5.70. The maximum absolute atomic E-state index is 12.2. The van der Waals surface area contributed by atoms with Crippen LogP contribution in [0.15, 0.2) is 60.7 Å². The molecule has 0 saturated carbocycles. The molecule has 7 nitrogen and oxygen atoms in total. The number of hydrogen-bond acceptors (Lipinski definition) is 6. The second kappa shape index (κ2) is 9.72. The van der Waals surface area contributed by atoms with Crippen LogP contribution in [0.4, 0.5) is 5.69 Å². The quantitative estimate of drug-likeness (QED) is 0.610. The number of hydrogen-bond donors (Lipinski definition) is 2. The van der Waals surface area contributed by atoms with Gasteiger partial charge in [-0.05, 0) is 24.6 Å². The Morgan fingerprint density at radius 1 is 1.04 bits per heavy atom. The fourth-order valence-corrected chi connectivity index (χ4v) is 3.12. The molecule has 28 heavy (non-hydrogen) atoms. The molecule has 0 radical (unpaired) electrons. The van der Waals surface area contributed by atoms with E-state index in [0.29, 0.717) is 10.7 Å². The van der Waals surface area contributed by atoms with Gasteiger partial charge in [-0.2, -0.15) is 0 Å². The molecule has 2 amide bonds. The van der Waals surface area contributed by atoms with Gasteiger partial charge >= 0.3 is 0 Å². The summed E-state index contributed by atoms with van der Waals surface area (Å²) in [5, 5.41) is 14.2. The Morgan fingerprint density at radius 2 is 1.71 bits per heavy atom. The topological polar surface area (TPSA) is 93.2 Å². The Balaban J connectivity index is 1.43. The van der Waals surface area contributed by atoms with E-state index in [9.17, 15) is 9.59 Å². The summed E-state index contributed by atoms with van der Waals surface area (Å²) in [5.41, 5.74) is 1.71. The van der Waals surface area contributed by atoms with Gasteiger partial charge in [-0.1, -0.05) is 59.9 Å². The van der Waals surface area contributed by atoms with E-state index in [-0.39, 0.29) is 36.1 Å². The maximum atomic E-state index is 12.2. The van der Waals surface area contributed by atoms with Crippen LogP contribution in [0.5, 0.6) is 0 Å². The first kappa shape index (κ1) is 19.7. The highest BCUT2D eigenvalue weighted by atomic mass is 32.1. The van der Waals surface area contributed by atoms with Crippen molar-refractivity contribution in [1.82, 2.24) is 15.5 Å². The highest BCUT2D eigenvalue weighted by Crippen LogP contribution is 2.14. The molecular formula is C20H20N4O3S. The Hall–Kier alpha value is -3.10. The van der Waals surface area contributed by atoms with Crippen LogP contribution in [-0.2, 0) is 16.1 Å². The number of nitrogens with one attached hydrogen (secondary N) is 2. The number of rotatable bonds is 8. The monoisotopic (exact) mass is 396 g/mol. The van der Waals surface area contributed by atoms with Gasteiger partial charge in [0.2, 0.25) is 10.9 Å². The summed E-state index contributed by atoms with van der Waals surface area (Å²) in [6, 6.07) is 18.7. The zero-order chi connectivity index (χ0) is 19.8. The van der Waals surface area contributed by atoms with Crippen molar-refractivity contribution in [2.75, 3.05) is 11.9 Å². The number of anilines is 1. The van der Waals surface area contributed by atoms with Crippen LogP contribution in [0, 0.1) is 0 Å². The summed E-state index contributed by atoms with van der Waals surface area (Å²) in [4.78, 5) is 24.2. The third-order valence-corrected chi connectivity index (χ3v) is 4.72. The van der Waals surface area contributed by atoms with Crippen LogP contribution in [0.25, 0.3) is 0 Å². The van der Waals surface area contributed by atoms with Crippen molar-refractivity contribution < 1.29 is 14.3 Å². The van der Waals surface area contributed by atoms with Crippen molar-refractivity contribution in [3.63, 3.8) is 0 Å². The second-order valence-corrected chi connectivity index (χ2v) is 7.08. The molecule has 0 aliphatic heterocycles. The van der Waals surface area contributed by atoms with E-state index in [1.807, 2.05) is 55.5 Å². The molecule has 0 fully saturated rings. The lowest BCUT2D eigenvalue weighted by Gasteiger charge is -2.14. The zero-order valence-corrected chi connectivity index (χ0v) is 16.1. The zero-order valence-electron chi connectivity index (χ0n) is 15.3. The summed E-state index contributed by atoms with van der Waals surface area (Å²) < 4.78 is 5.39. The van der Waals surface area contributed by atoms with Crippen molar-refractivity contribution in [3.05, 3.63) is 76.2 Å². The average molecular weight is 396 g/mol. The third-order valence-electron chi connectivity index (χ3n) is 3.83. The molecule has 3 rings (SSSR count). The Labute approximate surface area is 166 Å². The molecule has 1 aromatic heterocycles. The summed E-state index contributed by atoms with van der Waals surface area (Å²) in [6.07, 6.45) is 0. The highest BCUT2D eigenvalue weighted by Gasteiger charge is 2.14. The number of nitrogens with zero attached hydrogens (tertiary/aromatic N) is 2. The van der Waals surface area contributed by atoms with Gasteiger partial charge < -0.3 is 15.4 Å². The molecule has 0 aliphatic carbocycles. The Bertz CT molecular complexity index is 915. The van der Waals surface area contributed by atoms with E-state index < -0.39 is 0 Å². The van der Waals surface area contributed by atoms with Crippen molar-refractivity contribution in [3.8, 4) is 0 Å². The molecule has 0 aliphatic rings. The molecule has 0 spiro atoms. The predicted molar refractivity (Wildman–Crippen MR) is 107 cm³/mol. The van der Waals surface area contributed by atoms with Crippen LogP contribution in [-0.4, -0.2) is 28.6 Å². The molecule has 1 heterocycles. The first-order valence-corrected chi connectivity index (χ1v) is 9.54. The molecule has 144 valence electrons. The maximum Gasteiger partial charge on any atom is 0.286 e. The van der Waals surface area contributed by atoms with Gasteiger partial charge in [-0.25, -0.2) is 0 Å². The van der Waals surface area contributed by atoms with Crippen molar-refractivity contribution in [1.29, 1.82) is 0 Å². The summed E-state index contributed by atoms with van der Waals surface area (Å²) in [6.45, 7) is 1.93. The van der Waals surface area contributed by atoms with E-state index in [2.05, 4.69) is 20.8 Å². The first-order chi connectivity index (χ1) is 13.6. The number of amides is 2. The number of ether oxygens (including phenoxy) is 1. The SMILES string of the molecule is CC(NC(=O)COCc1nnc(C(=O)Nc2ccccc2)s1)c1ccccc1. The molecule has 0 saturated heterocycles. The Kier molecular flexibility index (Phi) is 6.83. The Morgan fingerprint density at radius 3 is 2.43 bits per heavy atom. The van der Waals surface area contributed by atoms with Gasteiger partial charge in [0.25, 0.3) is 5.91 Å². The van der Waals surface area contributed by atoms with Gasteiger partial charge in [0.1, 0.15) is 18.2 Å². The molecule has 2 N–H and O–H groups in total. The minimum Gasteiger partial charge on any atom is -0.364 e. The van der Waals surface area contributed by atoms with Crippen molar-refractivity contribution in [2.45, 2.75) is 19.6 Å². The van der Waals surface area contributed by atoms with Crippen LogP contribution in [0.3, 0.4) is 0 Å². The lowest BCUT2D eigenvalue weighted by atomic mass is 10.1. The molecule has 1 atom stereocenters. The fraction of sp³-hybridized carbons (Fsp3) is 0.200. The van der Waals surface area contributed by atoms with E-state index in [1.165, 1.54) is 0 Å². The lowest BCUT2D eigenvalue weighted by molar-refractivity contribution is -0.126. The normalized spacial score (nSPS) is 11.6. The number of benzene rings is 2. The summed E-state index contributed by atoms with van der Waals surface area (Å²) in [5.74, 6) is -0.549. The highest BCUT2D eigenvalue weighted by molar-refractivity contribution is 7.13. The van der Waals surface area contributed by atoms with Crippen LogP contribution < -0.4 is 10.6 Å². The number of aromatic nitrogens is 2. The molecule has 8 heteroatoms. The van der Waals surface area contributed by atoms with E-state index in [0.717, 1.165) is 16.9 Å². The molecular weight excluding hydrogens is 376 g/mol. The van der Waals surface area contributed by atoms with E-state index >= 15 is 0 Å². The number of para-hydroxylation sites is 1. The average Bonchev–Trinajstić information content (AvgIpc) is 3.18. The molecule has 3 aromatic rings. The van der Waals surface area contributed by atoms with Crippen LogP contribution >= 0.6 is 11.3 Å². The number of carbonyl (C=O) groups is 2. The lowest BCUT2D eigenvalue weighted by Crippen LogP contribution is -2.30. The predicted octanol–water partition coefficient (Wildman–Crippen LogP) is 3.18. The van der Waals surface area contributed by atoms with Crippen LogP contribution in [0.1, 0.15) is 33.3 Å². The van der Waals surface area contributed by atoms with Crippen LogP contribution in [0.2, 0.25) is 0 Å². The van der Waals surface area contributed by atoms with E-state index in [4.69, 9.17) is 4.74 Å². The molecule has 0 bridgehead atoms. The second-order valence-electron chi connectivity index (χ2n) is 6.01. The largest absolute Gasteiger partial charge is 0.364 e. The fourth-order valence-electron chi connectivity index (χ4n) is 2.45. The number of carbonyl (C=O) groups excluding carboxylic acids is 2. The van der Waals surface area contributed by atoms with Gasteiger partial charge in [0.05, 0.1) is 6.04 Å². The van der Waals surface area contributed by atoms with Crippen molar-refractivity contribution >= 4 is 28.8 Å². The first-order valence-electron chi connectivity index (χ1n) is 8.72. The van der Waals surface area contributed by atoms with Gasteiger partial charge in [-0.3, -0.25) is 9.59 Å². The van der Waals surface area contributed by atoms with Crippen molar-refractivity contribution in [2.24, 2.45) is 0 Å².